The van der Waals surface area contributed by atoms with Crippen molar-refractivity contribution < 1.29 is 14.4 Å². The Balaban J connectivity index is 1.45. The van der Waals surface area contributed by atoms with Gasteiger partial charge in [0, 0.05) is 43.5 Å². The van der Waals surface area contributed by atoms with Crippen LogP contribution in [0, 0.1) is 5.92 Å². The van der Waals surface area contributed by atoms with Gasteiger partial charge in [-0.15, -0.1) is 0 Å². The Kier molecular flexibility index (Phi) is 5.09. The van der Waals surface area contributed by atoms with Crippen LogP contribution in [0.5, 0.6) is 0 Å². The SMILES string of the molecule is CCc1ccc(NC(=O)[C@@H]2CC(=O)N(c3ccc4c(c3)CCN4C(C)=O)C2)cc1. The molecule has 29 heavy (non-hydrogen) atoms. The Morgan fingerprint density at radius 2 is 1.90 bits per heavy atom. The van der Waals surface area contributed by atoms with Crippen molar-refractivity contribution in [2.24, 2.45) is 5.92 Å². The first-order chi connectivity index (χ1) is 14.0. The van der Waals surface area contributed by atoms with Crippen LogP contribution in [0.15, 0.2) is 42.5 Å². The largest absolute Gasteiger partial charge is 0.326 e. The van der Waals surface area contributed by atoms with E-state index in [1.807, 2.05) is 42.5 Å². The van der Waals surface area contributed by atoms with Crippen LogP contribution in [0.3, 0.4) is 0 Å². The lowest BCUT2D eigenvalue weighted by atomic mass is 10.1. The van der Waals surface area contributed by atoms with Gasteiger partial charge in [0.25, 0.3) is 0 Å². The van der Waals surface area contributed by atoms with E-state index in [0.717, 1.165) is 35.5 Å². The van der Waals surface area contributed by atoms with Crippen LogP contribution in [0.2, 0.25) is 0 Å². The quantitative estimate of drug-likeness (QED) is 0.870. The van der Waals surface area contributed by atoms with E-state index in [4.69, 9.17) is 0 Å². The molecule has 0 aromatic heterocycles. The monoisotopic (exact) mass is 391 g/mol. The Morgan fingerprint density at radius 1 is 1.14 bits per heavy atom. The summed E-state index contributed by atoms with van der Waals surface area (Å²) in [6.07, 6.45) is 1.93. The van der Waals surface area contributed by atoms with Gasteiger partial charge in [0.2, 0.25) is 17.7 Å². The summed E-state index contributed by atoms with van der Waals surface area (Å²) in [5.74, 6) is -0.533. The van der Waals surface area contributed by atoms with E-state index in [0.29, 0.717) is 13.1 Å². The molecule has 2 aliphatic heterocycles. The molecule has 6 nitrogen and oxygen atoms in total. The van der Waals surface area contributed by atoms with Crippen LogP contribution in [0.25, 0.3) is 0 Å². The Bertz CT molecular complexity index is 968. The zero-order valence-corrected chi connectivity index (χ0v) is 16.8. The Hall–Kier alpha value is -3.15. The molecule has 1 atom stereocenters. The number of benzene rings is 2. The maximum absolute atomic E-state index is 12.7. The predicted octanol–water partition coefficient (Wildman–Crippen LogP) is 3.15. The first-order valence-electron chi connectivity index (χ1n) is 10.1. The van der Waals surface area contributed by atoms with Gasteiger partial charge < -0.3 is 15.1 Å². The minimum Gasteiger partial charge on any atom is -0.326 e. The number of nitrogens with one attached hydrogen (secondary N) is 1. The summed E-state index contributed by atoms with van der Waals surface area (Å²) in [5.41, 5.74) is 4.74. The Labute approximate surface area is 170 Å². The van der Waals surface area contributed by atoms with E-state index in [1.165, 1.54) is 5.56 Å². The van der Waals surface area contributed by atoms with Crippen LogP contribution < -0.4 is 15.1 Å². The standard InChI is InChI=1S/C23H25N3O3/c1-3-16-4-6-19(7-5-16)24-23(29)18-13-22(28)26(14-18)20-8-9-21-17(12-20)10-11-25(21)15(2)27/h4-9,12,18H,3,10-11,13-14H2,1-2H3,(H,24,29)/t18-/m1/s1. The summed E-state index contributed by atoms with van der Waals surface area (Å²) < 4.78 is 0. The van der Waals surface area contributed by atoms with Gasteiger partial charge in [0.1, 0.15) is 0 Å². The van der Waals surface area contributed by atoms with Gasteiger partial charge >= 0.3 is 0 Å². The predicted molar refractivity (Wildman–Crippen MR) is 113 cm³/mol. The first kappa shape index (κ1) is 19.2. The number of anilines is 3. The van der Waals surface area contributed by atoms with Crippen LogP contribution >= 0.6 is 0 Å². The molecule has 2 heterocycles. The number of amides is 3. The van der Waals surface area contributed by atoms with E-state index < -0.39 is 0 Å². The second-order valence-corrected chi connectivity index (χ2v) is 7.68. The van der Waals surface area contributed by atoms with Gasteiger partial charge in [-0.05, 0) is 54.3 Å². The molecule has 6 heteroatoms. The van der Waals surface area contributed by atoms with Crippen LogP contribution in [-0.2, 0) is 27.2 Å². The van der Waals surface area contributed by atoms with Crippen LogP contribution in [-0.4, -0.2) is 30.8 Å². The molecule has 3 amide bonds. The summed E-state index contributed by atoms with van der Waals surface area (Å²) >= 11 is 0. The number of carbonyl (C=O) groups is 3. The third-order valence-electron chi connectivity index (χ3n) is 5.78. The van der Waals surface area contributed by atoms with Gasteiger partial charge in [0.15, 0.2) is 0 Å². The zero-order valence-electron chi connectivity index (χ0n) is 16.8. The summed E-state index contributed by atoms with van der Waals surface area (Å²) in [6.45, 7) is 4.69. The highest BCUT2D eigenvalue weighted by atomic mass is 16.2. The summed E-state index contributed by atoms with van der Waals surface area (Å²) in [5, 5.41) is 2.93. The summed E-state index contributed by atoms with van der Waals surface area (Å²) in [6, 6.07) is 13.5. The molecule has 0 saturated carbocycles. The lowest BCUT2D eigenvalue weighted by Gasteiger charge is -2.19. The smallest absolute Gasteiger partial charge is 0.229 e. The number of aryl methyl sites for hydroxylation is 1. The molecule has 0 spiro atoms. The molecular formula is C23H25N3O3. The van der Waals surface area contributed by atoms with Crippen molar-refractivity contribution in [3.63, 3.8) is 0 Å². The van der Waals surface area contributed by atoms with Crippen molar-refractivity contribution in [3.8, 4) is 0 Å². The Morgan fingerprint density at radius 3 is 2.59 bits per heavy atom. The third-order valence-corrected chi connectivity index (χ3v) is 5.78. The first-order valence-corrected chi connectivity index (χ1v) is 10.1. The fourth-order valence-electron chi connectivity index (χ4n) is 4.08. The molecule has 1 fully saturated rings. The second-order valence-electron chi connectivity index (χ2n) is 7.68. The van der Waals surface area contributed by atoms with Crippen molar-refractivity contribution >= 4 is 34.8 Å². The average Bonchev–Trinajstić information content (AvgIpc) is 3.31. The highest BCUT2D eigenvalue weighted by molar-refractivity contribution is 6.04. The molecule has 2 aromatic rings. The van der Waals surface area contributed by atoms with Crippen molar-refractivity contribution in [3.05, 3.63) is 53.6 Å². The lowest BCUT2D eigenvalue weighted by molar-refractivity contribution is -0.122. The fraction of sp³-hybridized carbons (Fsp3) is 0.348. The maximum Gasteiger partial charge on any atom is 0.229 e. The summed E-state index contributed by atoms with van der Waals surface area (Å²) in [4.78, 5) is 40.4. The normalized spacial score (nSPS) is 18.1. The van der Waals surface area contributed by atoms with Crippen molar-refractivity contribution in [1.29, 1.82) is 0 Å². The van der Waals surface area contributed by atoms with E-state index >= 15 is 0 Å². The third kappa shape index (κ3) is 3.75. The van der Waals surface area contributed by atoms with Gasteiger partial charge in [0.05, 0.1) is 5.92 Å². The molecular weight excluding hydrogens is 366 g/mol. The van der Waals surface area contributed by atoms with Crippen molar-refractivity contribution in [2.45, 2.75) is 33.1 Å². The van der Waals surface area contributed by atoms with Gasteiger partial charge in [-0.3, -0.25) is 14.4 Å². The number of hydrogen-bond acceptors (Lipinski definition) is 3. The van der Waals surface area contributed by atoms with Gasteiger partial charge in [-0.1, -0.05) is 19.1 Å². The van der Waals surface area contributed by atoms with Crippen LogP contribution in [0.1, 0.15) is 31.4 Å². The molecule has 0 bridgehead atoms. The highest BCUT2D eigenvalue weighted by Crippen LogP contribution is 2.34. The van der Waals surface area contributed by atoms with E-state index in [1.54, 1.807) is 16.7 Å². The minimum absolute atomic E-state index is 0.0254. The van der Waals surface area contributed by atoms with E-state index in [-0.39, 0.29) is 30.1 Å². The maximum atomic E-state index is 12.7. The molecule has 1 saturated heterocycles. The molecule has 0 radical (unpaired) electrons. The molecule has 150 valence electrons. The topological polar surface area (TPSA) is 69.7 Å². The number of carbonyl (C=O) groups excluding carboxylic acids is 3. The van der Waals surface area contributed by atoms with E-state index in [2.05, 4.69) is 12.2 Å². The van der Waals surface area contributed by atoms with Crippen molar-refractivity contribution in [2.75, 3.05) is 28.2 Å². The zero-order chi connectivity index (χ0) is 20.5. The number of hydrogen-bond donors (Lipinski definition) is 1. The molecule has 1 N–H and O–H groups in total. The molecule has 0 unspecified atom stereocenters. The molecule has 2 aromatic carbocycles. The number of fused-ring (bicyclic) bond motifs is 1. The minimum atomic E-state index is -0.379. The summed E-state index contributed by atoms with van der Waals surface area (Å²) in [7, 11) is 0. The van der Waals surface area contributed by atoms with Gasteiger partial charge in [-0.25, -0.2) is 0 Å². The second kappa shape index (κ2) is 7.70. The molecule has 4 rings (SSSR count). The van der Waals surface area contributed by atoms with E-state index in [9.17, 15) is 14.4 Å². The lowest BCUT2D eigenvalue weighted by Crippen LogP contribution is -2.28. The fourth-order valence-corrected chi connectivity index (χ4v) is 4.08. The number of nitrogens with zero attached hydrogens (tertiary/aromatic N) is 2. The van der Waals surface area contributed by atoms with Crippen molar-refractivity contribution in [1.82, 2.24) is 0 Å². The number of rotatable bonds is 4. The molecule has 0 aliphatic carbocycles. The highest BCUT2D eigenvalue weighted by Gasteiger charge is 2.36. The average molecular weight is 391 g/mol. The van der Waals surface area contributed by atoms with Crippen LogP contribution in [0.4, 0.5) is 17.1 Å². The van der Waals surface area contributed by atoms with Gasteiger partial charge in [-0.2, -0.15) is 0 Å². The molecule has 2 aliphatic rings.